The van der Waals surface area contributed by atoms with Crippen molar-refractivity contribution in [2.75, 3.05) is 18.5 Å². The molecule has 0 atom stereocenters. The maximum absolute atomic E-state index is 11.7. The van der Waals surface area contributed by atoms with E-state index in [1.165, 1.54) is 62.6 Å². The Hall–Kier alpha value is -0.440. The van der Waals surface area contributed by atoms with E-state index in [0.717, 1.165) is 6.16 Å². The van der Waals surface area contributed by atoms with Crippen molar-refractivity contribution in [3.05, 3.63) is 35.4 Å². The first-order chi connectivity index (χ1) is 11.9. The van der Waals surface area contributed by atoms with Gasteiger partial charge < -0.3 is 0 Å². The molecule has 1 amide bonds. The van der Waals surface area contributed by atoms with Crippen LogP contribution < -0.4 is 11.3 Å². The van der Waals surface area contributed by atoms with Gasteiger partial charge in [0, 0.05) is 0 Å². The van der Waals surface area contributed by atoms with Crippen LogP contribution in [0.4, 0.5) is 0 Å². The van der Waals surface area contributed by atoms with Crippen LogP contribution in [0.5, 0.6) is 0 Å². The summed E-state index contributed by atoms with van der Waals surface area (Å²) in [4.78, 5) is 11.7. The number of carbonyl (C=O) groups is 1. The van der Waals surface area contributed by atoms with Gasteiger partial charge >= 0.3 is 162 Å². The molecule has 0 saturated heterocycles. The molecular formula is C20H36BrN2OP. The van der Waals surface area contributed by atoms with Gasteiger partial charge in [0.05, 0.1) is 0 Å². The first kappa shape index (κ1) is 22.6. The third kappa shape index (κ3) is 7.00. The number of amides is 1. The van der Waals surface area contributed by atoms with Gasteiger partial charge in [-0.3, -0.25) is 0 Å². The minimum absolute atomic E-state index is 0.231. The number of nitrogen functional groups attached to an aromatic ring is 1. The van der Waals surface area contributed by atoms with Gasteiger partial charge in [0.25, 0.3) is 0 Å². The standard InChI is InChI=1S/C20H36BrN2OP/c1-4-7-14-25(21,15-8-5-2,16-9-6-3)17-18-10-12-19(13-11-18)20(24)23-22/h10-13H,4-9,14-17,22H2,1-3H3,(H,23,24). The van der Waals surface area contributed by atoms with Gasteiger partial charge in [-0.05, 0) is 0 Å². The van der Waals surface area contributed by atoms with Gasteiger partial charge in [-0.25, -0.2) is 0 Å². The summed E-state index contributed by atoms with van der Waals surface area (Å²) in [5.41, 5.74) is 4.16. The predicted octanol–water partition coefficient (Wildman–Crippen LogP) is 6.05. The molecule has 0 bridgehead atoms. The molecule has 3 nitrogen and oxygen atoms in total. The normalized spacial score (nSPS) is 13.2. The molecule has 0 radical (unpaired) electrons. The number of nitrogens with one attached hydrogen (secondary N) is 1. The van der Waals surface area contributed by atoms with Crippen molar-refractivity contribution in [3.8, 4) is 0 Å². The third-order valence-corrected chi connectivity index (χ3v) is 14.5. The summed E-state index contributed by atoms with van der Waals surface area (Å²) in [7, 11) is 0. The first-order valence-electron chi connectivity index (χ1n) is 9.72. The molecule has 144 valence electrons. The number of hydrogen-bond acceptors (Lipinski definition) is 2. The minimum atomic E-state index is -1.96. The Balaban J connectivity index is 3.09. The number of benzene rings is 1. The quantitative estimate of drug-likeness (QED) is 0.183. The van der Waals surface area contributed by atoms with E-state index in [1.54, 1.807) is 0 Å². The molecule has 25 heavy (non-hydrogen) atoms. The van der Waals surface area contributed by atoms with Gasteiger partial charge in [-0.2, -0.15) is 0 Å². The van der Waals surface area contributed by atoms with Gasteiger partial charge in [-0.1, -0.05) is 0 Å². The molecule has 1 rings (SSSR count). The van der Waals surface area contributed by atoms with Crippen LogP contribution in [0.3, 0.4) is 0 Å². The average molecular weight is 431 g/mol. The van der Waals surface area contributed by atoms with Crippen LogP contribution in [0, 0.1) is 0 Å². The summed E-state index contributed by atoms with van der Waals surface area (Å²) in [6.45, 7) is 6.86. The summed E-state index contributed by atoms with van der Waals surface area (Å²) in [5, 5.41) is -1.96. The number of hydrogen-bond donors (Lipinski definition) is 2. The molecule has 0 heterocycles. The molecule has 0 aromatic heterocycles. The SMILES string of the molecule is CCCCP(Br)(CCCC)(CCCC)Cc1ccc(C(=O)NN)cc1. The molecule has 0 aliphatic rings. The molecule has 1 aromatic carbocycles. The molecule has 1 aromatic rings. The summed E-state index contributed by atoms with van der Waals surface area (Å²) in [5.74, 6) is 5.00. The van der Waals surface area contributed by atoms with Gasteiger partial charge in [0.15, 0.2) is 0 Å². The predicted molar refractivity (Wildman–Crippen MR) is 117 cm³/mol. The molecule has 0 fully saturated rings. The number of unbranched alkanes of at least 4 members (excludes halogenated alkanes) is 3. The molecular weight excluding hydrogens is 395 g/mol. The van der Waals surface area contributed by atoms with Crippen LogP contribution in [-0.2, 0) is 6.16 Å². The average Bonchev–Trinajstić information content (AvgIpc) is 2.64. The van der Waals surface area contributed by atoms with E-state index < -0.39 is 5.31 Å². The van der Waals surface area contributed by atoms with Crippen molar-refractivity contribution in [2.45, 2.75) is 65.5 Å². The summed E-state index contributed by atoms with van der Waals surface area (Å²) in [6, 6.07) is 8.00. The number of nitrogens with two attached hydrogens (primary N) is 1. The van der Waals surface area contributed by atoms with Crippen LogP contribution in [-0.4, -0.2) is 24.4 Å². The van der Waals surface area contributed by atoms with Gasteiger partial charge in [0.2, 0.25) is 0 Å². The molecule has 3 N–H and O–H groups in total. The van der Waals surface area contributed by atoms with Crippen LogP contribution in [0.15, 0.2) is 24.3 Å². The Kier molecular flexibility index (Phi) is 9.62. The number of carbonyl (C=O) groups excluding carboxylic acids is 1. The Bertz CT molecular complexity index is 508. The van der Waals surface area contributed by atoms with E-state index in [4.69, 9.17) is 5.84 Å². The fourth-order valence-corrected chi connectivity index (χ4v) is 12.2. The van der Waals surface area contributed by atoms with Crippen molar-refractivity contribution >= 4 is 26.7 Å². The zero-order chi connectivity index (χ0) is 18.8. The van der Waals surface area contributed by atoms with Crippen molar-refractivity contribution in [1.82, 2.24) is 5.43 Å². The molecule has 0 unspecified atom stereocenters. The van der Waals surface area contributed by atoms with Crippen LogP contribution in [0.2, 0.25) is 0 Å². The zero-order valence-electron chi connectivity index (χ0n) is 16.2. The van der Waals surface area contributed by atoms with E-state index in [-0.39, 0.29) is 5.91 Å². The Morgan fingerprint density at radius 3 is 1.76 bits per heavy atom. The number of halogens is 1. The Morgan fingerprint density at radius 2 is 1.40 bits per heavy atom. The van der Waals surface area contributed by atoms with Crippen molar-refractivity contribution in [2.24, 2.45) is 5.84 Å². The van der Waals surface area contributed by atoms with E-state index in [9.17, 15) is 4.79 Å². The van der Waals surface area contributed by atoms with Crippen LogP contribution >= 0.6 is 20.8 Å². The molecule has 0 spiro atoms. The zero-order valence-corrected chi connectivity index (χ0v) is 18.7. The summed E-state index contributed by atoms with van der Waals surface area (Å²) < 4.78 is 0. The summed E-state index contributed by atoms with van der Waals surface area (Å²) in [6.07, 6.45) is 12.7. The van der Waals surface area contributed by atoms with Crippen molar-refractivity contribution in [1.29, 1.82) is 0 Å². The van der Waals surface area contributed by atoms with E-state index >= 15 is 0 Å². The first-order valence-corrected chi connectivity index (χ1v) is 14.7. The van der Waals surface area contributed by atoms with Crippen molar-refractivity contribution in [3.63, 3.8) is 0 Å². The fraction of sp³-hybridized carbons (Fsp3) is 0.650. The third-order valence-electron chi connectivity index (χ3n) is 5.14. The Morgan fingerprint density at radius 1 is 0.960 bits per heavy atom. The van der Waals surface area contributed by atoms with Crippen LogP contribution in [0.25, 0.3) is 0 Å². The molecule has 0 aliphatic carbocycles. The Labute approximate surface area is 162 Å². The molecule has 0 aliphatic heterocycles. The van der Waals surface area contributed by atoms with Crippen LogP contribution in [0.1, 0.15) is 75.2 Å². The van der Waals surface area contributed by atoms with E-state index in [2.05, 4.69) is 53.8 Å². The monoisotopic (exact) mass is 430 g/mol. The molecule has 5 heteroatoms. The van der Waals surface area contributed by atoms with Crippen molar-refractivity contribution < 1.29 is 4.79 Å². The summed E-state index contributed by atoms with van der Waals surface area (Å²) >= 11 is 4.43. The topological polar surface area (TPSA) is 55.1 Å². The second kappa shape index (κ2) is 10.6. The maximum atomic E-state index is 11.7. The number of rotatable bonds is 12. The second-order valence-corrected chi connectivity index (χ2v) is 18.7. The van der Waals surface area contributed by atoms with E-state index in [0.29, 0.717) is 5.56 Å². The number of hydrazine groups is 1. The van der Waals surface area contributed by atoms with E-state index in [1.807, 2.05) is 12.1 Å². The fourth-order valence-electron chi connectivity index (χ4n) is 3.53. The van der Waals surface area contributed by atoms with Gasteiger partial charge in [0.1, 0.15) is 0 Å². The molecule has 0 saturated carbocycles. The second-order valence-electron chi connectivity index (χ2n) is 7.38. The van der Waals surface area contributed by atoms with Gasteiger partial charge in [-0.15, -0.1) is 0 Å².